The predicted molar refractivity (Wildman–Crippen MR) is 72.9 cm³/mol. The van der Waals surface area contributed by atoms with Crippen molar-refractivity contribution < 1.29 is 14.3 Å². The molecule has 0 aromatic carbocycles. The maximum absolute atomic E-state index is 12.1. The van der Waals surface area contributed by atoms with Gasteiger partial charge in [0.05, 0.1) is 12.1 Å². The second-order valence-electron chi connectivity index (χ2n) is 6.79. The van der Waals surface area contributed by atoms with Gasteiger partial charge in [0.2, 0.25) is 0 Å². The molecule has 0 radical (unpaired) electrons. The summed E-state index contributed by atoms with van der Waals surface area (Å²) in [5.41, 5.74) is 5.35. The average molecular weight is 270 g/mol. The standard InChI is InChI=1S/C14H26N2O3/c1-13(2,3)19-12(17)16-7-4-6-14(10-16)9-11(15)5-8-18-14/h11H,4-10,15H2,1-3H3. The van der Waals surface area contributed by atoms with Gasteiger partial charge < -0.3 is 20.1 Å². The van der Waals surface area contributed by atoms with Crippen LogP contribution in [-0.2, 0) is 9.47 Å². The molecule has 5 nitrogen and oxygen atoms in total. The maximum atomic E-state index is 12.1. The number of carbonyl (C=O) groups excluding carboxylic acids is 1. The van der Waals surface area contributed by atoms with E-state index in [1.165, 1.54) is 0 Å². The quantitative estimate of drug-likeness (QED) is 0.730. The summed E-state index contributed by atoms with van der Waals surface area (Å²) >= 11 is 0. The molecule has 1 spiro atoms. The van der Waals surface area contributed by atoms with Gasteiger partial charge in [-0.15, -0.1) is 0 Å². The van der Waals surface area contributed by atoms with Crippen LogP contribution in [0.25, 0.3) is 0 Å². The summed E-state index contributed by atoms with van der Waals surface area (Å²) in [6.45, 7) is 7.71. The number of nitrogens with two attached hydrogens (primary N) is 1. The lowest BCUT2D eigenvalue weighted by Gasteiger charge is -2.46. The molecule has 2 aliphatic heterocycles. The highest BCUT2D eigenvalue weighted by Gasteiger charge is 2.42. The first-order valence-electron chi connectivity index (χ1n) is 7.17. The van der Waals surface area contributed by atoms with Gasteiger partial charge >= 0.3 is 6.09 Å². The zero-order chi connectivity index (χ0) is 14.1. The van der Waals surface area contributed by atoms with Gasteiger partial charge in [-0.05, 0) is 46.5 Å². The van der Waals surface area contributed by atoms with Crippen molar-refractivity contribution in [2.45, 2.75) is 63.7 Å². The van der Waals surface area contributed by atoms with Crippen molar-refractivity contribution in [2.75, 3.05) is 19.7 Å². The smallest absolute Gasteiger partial charge is 0.410 e. The molecule has 1 amide bonds. The molecule has 0 saturated carbocycles. The second-order valence-corrected chi connectivity index (χ2v) is 6.79. The number of hydrogen-bond donors (Lipinski definition) is 1. The molecule has 2 N–H and O–H groups in total. The van der Waals surface area contributed by atoms with E-state index in [0.717, 1.165) is 32.2 Å². The summed E-state index contributed by atoms with van der Waals surface area (Å²) in [4.78, 5) is 13.9. The van der Waals surface area contributed by atoms with E-state index in [1.54, 1.807) is 4.90 Å². The van der Waals surface area contributed by atoms with E-state index >= 15 is 0 Å². The Balaban J connectivity index is 1.98. The Morgan fingerprint density at radius 1 is 1.47 bits per heavy atom. The first-order valence-corrected chi connectivity index (χ1v) is 7.17. The molecule has 19 heavy (non-hydrogen) atoms. The number of rotatable bonds is 0. The Labute approximate surface area is 115 Å². The highest BCUT2D eigenvalue weighted by molar-refractivity contribution is 5.68. The van der Waals surface area contributed by atoms with E-state index in [9.17, 15) is 4.79 Å². The number of carbonyl (C=O) groups is 1. The van der Waals surface area contributed by atoms with Crippen LogP contribution in [0.3, 0.4) is 0 Å². The lowest BCUT2D eigenvalue weighted by atomic mass is 9.84. The number of ether oxygens (including phenoxy) is 2. The largest absolute Gasteiger partial charge is 0.444 e. The van der Waals surface area contributed by atoms with E-state index in [2.05, 4.69) is 0 Å². The summed E-state index contributed by atoms with van der Waals surface area (Å²) in [6, 6.07) is 0.187. The summed E-state index contributed by atoms with van der Waals surface area (Å²) in [5.74, 6) is 0. The van der Waals surface area contributed by atoms with Crippen LogP contribution in [0.15, 0.2) is 0 Å². The van der Waals surface area contributed by atoms with Crippen molar-refractivity contribution in [3.63, 3.8) is 0 Å². The Morgan fingerprint density at radius 2 is 2.21 bits per heavy atom. The van der Waals surface area contributed by atoms with Crippen LogP contribution in [0.2, 0.25) is 0 Å². The van der Waals surface area contributed by atoms with E-state index in [-0.39, 0.29) is 17.7 Å². The summed E-state index contributed by atoms with van der Waals surface area (Å²) in [6.07, 6.45) is 3.45. The highest BCUT2D eigenvalue weighted by Crippen LogP contribution is 2.33. The molecule has 0 bridgehead atoms. The van der Waals surface area contributed by atoms with Crippen molar-refractivity contribution in [3.05, 3.63) is 0 Å². The summed E-state index contributed by atoms with van der Waals surface area (Å²) in [5, 5.41) is 0. The topological polar surface area (TPSA) is 64.8 Å². The van der Waals surface area contributed by atoms with Crippen LogP contribution in [0.5, 0.6) is 0 Å². The molecule has 2 aliphatic rings. The third-order valence-electron chi connectivity index (χ3n) is 3.72. The van der Waals surface area contributed by atoms with E-state index in [0.29, 0.717) is 13.2 Å². The molecule has 2 fully saturated rings. The third kappa shape index (κ3) is 3.83. The van der Waals surface area contributed by atoms with Gasteiger partial charge in [-0.1, -0.05) is 0 Å². The molecule has 2 saturated heterocycles. The number of amides is 1. The fourth-order valence-electron chi connectivity index (χ4n) is 2.93. The van der Waals surface area contributed by atoms with E-state index in [4.69, 9.17) is 15.2 Å². The van der Waals surface area contributed by atoms with Crippen molar-refractivity contribution in [2.24, 2.45) is 5.73 Å². The second kappa shape index (κ2) is 5.29. The monoisotopic (exact) mass is 270 g/mol. The molecule has 0 aromatic rings. The summed E-state index contributed by atoms with van der Waals surface area (Å²) in [7, 11) is 0. The van der Waals surface area contributed by atoms with Crippen molar-refractivity contribution in [3.8, 4) is 0 Å². The molecule has 110 valence electrons. The van der Waals surface area contributed by atoms with Crippen molar-refractivity contribution in [1.82, 2.24) is 4.90 Å². The molecule has 5 heteroatoms. The Kier molecular flexibility index (Phi) is 4.06. The van der Waals surface area contributed by atoms with Crippen LogP contribution >= 0.6 is 0 Å². The lowest BCUT2D eigenvalue weighted by Crippen LogP contribution is -2.56. The zero-order valence-electron chi connectivity index (χ0n) is 12.3. The van der Waals surface area contributed by atoms with Crippen LogP contribution in [0.4, 0.5) is 4.79 Å². The van der Waals surface area contributed by atoms with Gasteiger partial charge in [0.1, 0.15) is 5.60 Å². The predicted octanol–water partition coefficient (Wildman–Crippen LogP) is 1.89. The van der Waals surface area contributed by atoms with E-state index in [1.807, 2.05) is 20.8 Å². The SMILES string of the molecule is CC(C)(C)OC(=O)N1CCCC2(CC(N)CCO2)C1. The van der Waals surface area contributed by atoms with Crippen LogP contribution in [0.1, 0.15) is 46.5 Å². The summed E-state index contributed by atoms with van der Waals surface area (Å²) < 4.78 is 11.4. The van der Waals surface area contributed by atoms with Gasteiger partial charge in [0, 0.05) is 19.2 Å². The maximum Gasteiger partial charge on any atom is 0.410 e. The first-order chi connectivity index (χ1) is 8.80. The van der Waals surface area contributed by atoms with Gasteiger partial charge in [-0.25, -0.2) is 4.79 Å². The first kappa shape index (κ1) is 14.6. The minimum atomic E-state index is -0.453. The molecular formula is C14H26N2O3. The molecule has 2 heterocycles. The van der Waals surface area contributed by atoms with Gasteiger partial charge in [0.15, 0.2) is 0 Å². The van der Waals surface area contributed by atoms with Crippen molar-refractivity contribution >= 4 is 6.09 Å². The Hall–Kier alpha value is -0.810. The van der Waals surface area contributed by atoms with Crippen molar-refractivity contribution in [1.29, 1.82) is 0 Å². The van der Waals surface area contributed by atoms with E-state index < -0.39 is 5.60 Å². The fourth-order valence-corrected chi connectivity index (χ4v) is 2.93. The number of piperidine rings is 1. The Bertz CT molecular complexity index is 336. The van der Waals surface area contributed by atoms with Crippen LogP contribution in [0, 0.1) is 0 Å². The van der Waals surface area contributed by atoms with Gasteiger partial charge in [-0.3, -0.25) is 0 Å². The third-order valence-corrected chi connectivity index (χ3v) is 3.72. The highest BCUT2D eigenvalue weighted by atomic mass is 16.6. The number of likely N-dealkylation sites (tertiary alicyclic amines) is 1. The fraction of sp³-hybridized carbons (Fsp3) is 0.929. The zero-order valence-corrected chi connectivity index (χ0v) is 12.3. The van der Waals surface area contributed by atoms with Gasteiger partial charge in [-0.2, -0.15) is 0 Å². The lowest BCUT2D eigenvalue weighted by molar-refractivity contribution is -0.120. The van der Waals surface area contributed by atoms with Crippen LogP contribution < -0.4 is 5.73 Å². The molecule has 2 unspecified atom stereocenters. The molecule has 0 aromatic heterocycles. The average Bonchev–Trinajstić information content (AvgIpc) is 2.26. The number of nitrogens with zero attached hydrogens (tertiary/aromatic N) is 1. The molecule has 0 aliphatic carbocycles. The molecule has 2 rings (SSSR count). The Morgan fingerprint density at radius 3 is 2.84 bits per heavy atom. The minimum Gasteiger partial charge on any atom is -0.444 e. The normalized spacial score (nSPS) is 32.4. The minimum absolute atomic E-state index is 0.187. The molecule has 2 atom stereocenters. The number of hydrogen-bond acceptors (Lipinski definition) is 4. The van der Waals surface area contributed by atoms with Crippen LogP contribution in [-0.4, -0.2) is 47.9 Å². The van der Waals surface area contributed by atoms with Gasteiger partial charge in [0.25, 0.3) is 0 Å². The molecular weight excluding hydrogens is 244 g/mol.